The summed E-state index contributed by atoms with van der Waals surface area (Å²) < 4.78 is 4.63. The molecule has 19 heavy (non-hydrogen) atoms. The minimum absolute atomic E-state index is 0.0695. The first-order valence-corrected chi connectivity index (χ1v) is 6.19. The van der Waals surface area contributed by atoms with Crippen LogP contribution in [0.1, 0.15) is 15.9 Å². The Morgan fingerprint density at radius 3 is 2.79 bits per heavy atom. The molecule has 1 aliphatic heterocycles. The van der Waals surface area contributed by atoms with Crippen LogP contribution in [0.5, 0.6) is 0 Å². The molecule has 1 aliphatic rings. The third-order valence-electron chi connectivity index (χ3n) is 2.92. The van der Waals surface area contributed by atoms with Gasteiger partial charge in [0.15, 0.2) is 5.78 Å². The predicted molar refractivity (Wildman–Crippen MR) is 69.6 cm³/mol. The van der Waals surface area contributed by atoms with Gasteiger partial charge in [-0.15, -0.1) is 11.6 Å². The molecular formula is C13H12ClNO4. The first-order valence-electron chi connectivity index (χ1n) is 5.66. The molecule has 0 aromatic heterocycles. The largest absolute Gasteiger partial charge is 0.465 e. The van der Waals surface area contributed by atoms with E-state index in [0.717, 1.165) is 5.56 Å². The van der Waals surface area contributed by atoms with Crippen LogP contribution >= 0.6 is 11.6 Å². The minimum atomic E-state index is -0.481. The van der Waals surface area contributed by atoms with E-state index < -0.39 is 5.97 Å². The summed E-state index contributed by atoms with van der Waals surface area (Å²) in [5.41, 5.74) is 1.71. The summed E-state index contributed by atoms with van der Waals surface area (Å²) in [7, 11) is 1.29. The van der Waals surface area contributed by atoms with E-state index in [-0.39, 0.29) is 30.5 Å². The summed E-state index contributed by atoms with van der Waals surface area (Å²) in [6, 6.07) is 4.86. The van der Waals surface area contributed by atoms with Crippen molar-refractivity contribution in [3.63, 3.8) is 0 Å². The van der Waals surface area contributed by atoms with E-state index >= 15 is 0 Å². The number of nitrogens with zero attached hydrogens (tertiary/aromatic N) is 1. The molecule has 0 radical (unpaired) electrons. The number of hydrogen-bond acceptors (Lipinski definition) is 4. The molecule has 0 fully saturated rings. The van der Waals surface area contributed by atoms with Gasteiger partial charge in [-0.3, -0.25) is 9.59 Å². The van der Waals surface area contributed by atoms with Crippen LogP contribution in [0, 0.1) is 0 Å². The molecule has 1 heterocycles. The van der Waals surface area contributed by atoms with Crippen LogP contribution in [-0.4, -0.2) is 37.2 Å². The first kappa shape index (κ1) is 13.5. The number of carbonyl (C=O) groups is 3. The lowest BCUT2D eigenvalue weighted by Crippen LogP contribution is -2.33. The van der Waals surface area contributed by atoms with Crippen molar-refractivity contribution in [2.75, 3.05) is 24.4 Å². The molecule has 5 nitrogen and oxygen atoms in total. The Labute approximate surface area is 115 Å². The Morgan fingerprint density at radius 1 is 1.42 bits per heavy atom. The van der Waals surface area contributed by atoms with Crippen LogP contribution in [0.2, 0.25) is 0 Å². The maximum atomic E-state index is 11.8. The van der Waals surface area contributed by atoms with E-state index in [9.17, 15) is 14.4 Å². The third-order valence-corrected chi connectivity index (χ3v) is 3.22. The van der Waals surface area contributed by atoms with Crippen LogP contribution in [-0.2, 0) is 20.7 Å². The van der Waals surface area contributed by atoms with E-state index in [1.54, 1.807) is 18.2 Å². The highest BCUT2D eigenvalue weighted by atomic mass is 35.5. The van der Waals surface area contributed by atoms with Crippen LogP contribution in [0.4, 0.5) is 5.69 Å². The number of esters is 1. The van der Waals surface area contributed by atoms with Gasteiger partial charge >= 0.3 is 5.97 Å². The Hall–Kier alpha value is -1.88. The number of Topliss-reactive ketones (excluding diaryl/α,β-unsaturated/α-hetero) is 1. The Morgan fingerprint density at radius 2 is 2.16 bits per heavy atom. The number of fused-ring (bicyclic) bond motifs is 1. The molecule has 100 valence electrons. The van der Waals surface area contributed by atoms with E-state index in [0.29, 0.717) is 11.3 Å². The number of ether oxygens (including phenoxy) is 1. The highest BCUT2D eigenvalue weighted by molar-refractivity contribution is 6.28. The van der Waals surface area contributed by atoms with Gasteiger partial charge in [-0.1, -0.05) is 6.07 Å². The van der Waals surface area contributed by atoms with E-state index in [4.69, 9.17) is 11.6 Å². The second-order valence-corrected chi connectivity index (χ2v) is 4.43. The van der Waals surface area contributed by atoms with Gasteiger partial charge in [0.2, 0.25) is 5.91 Å². The molecule has 2 rings (SSSR count). The van der Waals surface area contributed by atoms with Crippen molar-refractivity contribution in [2.45, 2.75) is 6.42 Å². The second-order valence-electron chi connectivity index (χ2n) is 4.16. The second kappa shape index (κ2) is 5.40. The van der Waals surface area contributed by atoms with Gasteiger partial charge in [-0.2, -0.15) is 0 Å². The summed E-state index contributed by atoms with van der Waals surface area (Å²) in [6.45, 7) is -0.0695. The van der Waals surface area contributed by atoms with Crippen LogP contribution in [0.3, 0.4) is 0 Å². The van der Waals surface area contributed by atoms with Crippen LogP contribution in [0.15, 0.2) is 18.2 Å². The topological polar surface area (TPSA) is 63.7 Å². The average molecular weight is 282 g/mol. The summed E-state index contributed by atoms with van der Waals surface area (Å²) in [6.07, 6.45) is 0.229. The Balaban J connectivity index is 2.34. The normalized spacial score (nSPS) is 13.4. The number of alkyl halides is 1. The number of ketones is 1. The van der Waals surface area contributed by atoms with E-state index in [1.165, 1.54) is 12.0 Å². The molecule has 0 unspecified atom stereocenters. The van der Waals surface area contributed by atoms with Crippen molar-refractivity contribution in [1.29, 1.82) is 0 Å². The van der Waals surface area contributed by atoms with Crippen molar-refractivity contribution >= 4 is 34.9 Å². The summed E-state index contributed by atoms with van der Waals surface area (Å²) in [4.78, 5) is 36.0. The molecule has 1 aromatic rings. The number of methoxy groups -OCH3 is 1. The van der Waals surface area contributed by atoms with Crippen LogP contribution < -0.4 is 4.90 Å². The summed E-state index contributed by atoms with van der Waals surface area (Å²) in [5, 5.41) is 0. The number of carbonyl (C=O) groups excluding carboxylic acids is 3. The van der Waals surface area contributed by atoms with Gasteiger partial charge in [0.05, 0.1) is 31.5 Å². The number of benzene rings is 1. The smallest absolute Gasteiger partial charge is 0.337 e. The van der Waals surface area contributed by atoms with Gasteiger partial charge in [-0.25, -0.2) is 4.79 Å². The fourth-order valence-electron chi connectivity index (χ4n) is 1.99. The molecule has 0 atom stereocenters. The standard InChI is InChI=1S/C13H12ClNO4/c1-19-13(18)9-3-2-8-5-12(17)15(11(8)4-9)7-10(16)6-14/h2-4H,5-7H2,1H3. The fourth-order valence-corrected chi connectivity index (χ4v) is 2.08. The van der Waals surface area contributed by atoms with Gasteiger partial charge in [0.1, 0.15) is 0 Å². The monoisotopic (exact) mass is 281 g/mol. The van der Waals surface area contributed by atoms with Gasteiger partial charge < -0.3 is 9.64 Å². The SMILES string of the molecule is COC(=O)c1ccc2c(c1)N(CC(=O)CCl)C(=O)C2. The number of amides is 1. The molecule has 1 aromatic carbocycles. The van der Waals surface area contributed by atoms with Gasteiger partial charge in [0.25, 0.3) is 0 Å². The number of hydrogen-bond donors (Lipinski definition) is 0. The highest BCUT2D eigenvalue weighted by Crippen LogP contribution is 2.30. The number of rotatable bonds is 4. The Kier molecular flexibility index (Phi) is 3.85. The molecule has 0 saturated carbocycles. The maximum Gasteiger partial charge on any atom is 0.337 e. The lowest BCUT2D eigenvalue weighted by molar-refractivity contribution is -0.120. The molecule has 0 spiro atoms. The fraction of sp³-hybridized carbons (Fsp3) is 0.308. The first-order chi connectivity index (χ1) is 9.06. The molecule has 0 N–H and O–H groups in total. The zero-order chi connectivity index (χ0) is 14.0. The van der Waals surface area contributed by atoms with Gasteiger partial charge in [0, 0.05) is 5.69 Å². The van der Waals surface area contributed by atoms with Crippen molar-refractivity contribution < 1.29 is 19.1 Å². The molecule has 6 heteroatoms. The van der Waals surface area contributed by atoms with Gasteiger partial charge in [-0.05, 0) is 17.7 Å². The lowest BCUT2D eigenvalue weighted by atomic mass is 10.1. The zero-order valence-electron chi connectivity index (χ0n) is 10.3. The quantitative estimate of drug-likeness (QED) is 0.614. The molecule has 0 aliphatic carbocycles. The number of halogens is 1. The van der Waals surface area contributed by atoms with Crippen LogP contribution in [0.25, 0.3) is 0 Å². The summed E-state index contributed by atoms with van der Waals surface area (Å²) >= 11 is 5.45. The highest BCUT2D eigenvalue weighted by Gasteiger charge is 2.29. The average Bonchev–Trinajstić information content (AvgIpc) is 2.73. The number of anilines is 1. The van der Waals surface area contributed by atoms with E-state index in [2.05, 4.69) is 4.74 Å². The maximum absolute atomic E-state index is 11.8. The molecule has 1 amide bonds. The molecule has 0 saturated heterocycles. The predicted octanol–water partition coefficient (Wildman–Crippen LogP) is 1.17. The lowest BCUT2D eigenvalue weighted by Gasteiger charge is -2.16. The Bertz CT molecular complexity index is 556. The van der Waals surface area contributed by atoms with Crippen molar-refractivity contribution in [3.05, 3.63) is 29.3 Å². The summed E-state index contributed by atoms with van der Waals surface area (Å²) in [5.74, 6) is -1.04. The zero-order valence-corrected chi connectivity index (χ0v) is 11.1. The minimum Gasteiger partial charge on any atom is -0.465 e. The van der Waals surface area contributed by atoms with E-state index in [1.807, 2.05) is 0 Å². The molecular weight excluding hydrogens is 270 g/mol. The third kappa shape index (κ3) is 2.61. The van der Waals surface area contributed by atoms with Crippen molar-refractivity contribution in [3.8, 4) is 0 Å². The van der Waals surface area contributed by atoms with Crippen molar-refractivity contribution in [1.82, 2.24) is 0 Å². The van der Waals surface area contributed by atoms with Crippen molar-refractivity contribution in [2.24, 2.45) is 0 Å². The molecule has 0 bridgehead atoms.